The number of hydrogen-bond donors (Lipinski definition) is 1. The maximum absolute atomic E-state index is 12.7. The number of aliphatic hydroxyl groups is 1. The van der Waals surface area contributed by atoms with Crippen molar-refractivity contribution in [1.82, 2.24) is 0 Å². The van der Waals surface area contributed by atoms with Crippen molar-refractivity contribution in [2.24, 2.45) is 0 Å². The van der Waals surface area contributed by atoms with Crippen LogP contribution in [0.1, 0.15) is 79.1 Å². The summed E-state index contributed by atoms with van der Waals surface area (Å²) in [6.07, 6.45) is 9.36. The normalized spacial score (nSPS) is 21.2. The summed E-state index contributed by atoms with van der Waals surface area (Å²) in [6, 6.07) is 0. The molecule has 1 aliphatic rings. The van der Waals surface area contributed by atoms with Gasteiger partial charge in [-0.2, -0.15) is 0 Å². The fraction of sp³-hybridized carbons (Fsp3) is 0.600. The van der Waals surface area contributed by atoms with Gasteiger partial charge in [0.1, 0.15) is 17.5 Å². The summed E-state index contributed by atoms with van der Waals surface area (Å²) in [5, 5.41) is 11.1. The zero-order chi connectivity index (χ0) is 25.0. The van der Waals surface area contributed by atoms with Crippen molar-refractivity contribution in [1.29, 1.82) is 0 Å². The van der Waals surface area contributed by atoms with Crippen molar-refractivity contribution >= 4 is 35.1 Å². The number of ether oxygens (including phenoxy) is 2. The zero-order valence-electron chi connectivity index (χ0n) is 19.9. The first-order chi connectivity index (χ1) is 15.5. The fourth-order valence-electron chi connectivity index (χ4n) is 3.59. The number of hydrogen-bond acceptors (Lipinski definition) is 7. The number of rotatable bonds is 14. The number of Topliss-reactive ketones (excluding diaryl/α,β-unsaturated/α-hetero) is 2. The Hall–Kier alpha value is -2.25. The maximum atomic E-state index is 12.7. The Morgan fingerprint density at radius 3 is 2.33 bits per heavy atom. The van der Waals surface area contributed by atoms with Gasteiger partial charge in [0.15, 0.2) is 6.10 Å². The Kier molecular flexibility index (Phi) is 12.3. The summed E-state index contributed by atoms with van der Waals surface area (Å²) in [6.45, 7) is 5.98. The molecule has 1 rings (SSSR count). The summed E-state index contributed by atoms with van der Waals surface area (Å²) in [4.78, 5) is 47.5. The second-order valence-electron chi connectivity index (χ2n) is 8.31. The Bertz CT molecular complexity index is 812. The van der Waals surface area contributed by atoms with E-state index < -0.39 is 35.5 Å². The Balaban J connectivity index is 3.20. The van der Waals surface area contributed by atoms with Crippen LogP contribution in [0.3, 0.4) is 0 Å². The topological polar surface area (TPSA) is 107 Å². The van der Waals surface area contributed by atoms with Crippen molar-refractivity contribution in [3.05, 3.63) is 34.9 Å². The van der Waals surface area contributed by atoms with Crippen molar-refractivity contribution in [3.8, 4) is 0 Å². The van der Waals surface area contributed by atoms with Crippen LogP contribution in [-0.4, -0.2) is 46.4 Å². The van der Waals surface area contributed by atoms with Crippen LogP contribution >= 0.6 is 11.6 Å². The summed E-state index contributed by atoms with van der Waals surface area (Å²) in [7, 11) is 0. The highest BCUT2D eigenvalue weighted by Crippen LogP contribution is 2.37. The van der Waals surface area contributed by atoms with Crippen LogP contribution in [0.25, 0.3) is 0 Å². The van der Waals surface area contributed by atoms with Gasteiger partial charge in [0.05, 0.1) is 5.03 Å². The van der Waals surface area contributed by atoms with E-state index >= 15 is 0 Å². The smallest absolute Gasteiger partial charge is 0.303 e. The molecule has 0 saturated carbocycles. The van der Waals surface area contributed by atoms with E-state index in [1.54, 1.807) is 6.08 Å². The molecule has 0 spiro atoms. The molecule has 0 aromatic heterocycles. The van der Waals surface area contributed by atoms with Gasteiger partial charge in [-0.15, -0.1) is 0 Å². The van der Waals surface area contributed by atoms with Gasteiger partial charge in [-0.25, -0.2) is 0 Å². The Labute approximate surface area is 200 Å². The number of unbranched alkanes of at least 4 members (excludes halogenated alkanes) is 3. The lowest BCUT2D eigenvalue weighted by molar-refractivity contribution is -0.162. The van der Waals surface area contributed by atoms with Gasteiger partial charge in [0.2, 0.25) is 5.78 Å². The van der Waals surface area contributed by atoms with Gasteiger partial charge in [-0.3, -0.25) is 14.4 Å². The molecule has 33 heavy (non-hydrogen) atoms. The molecule has 3 atom stereocenters. The molecular weight excluding hydrogens is 448 g/mol. The predicted molar refractivity (Wildman–Crippen MR) is 126 cm³/mol. The molecule has 1 aliphatic carbocycles. The number of carbonyl (C=O) groups is 4. The van der Waals surface area contributed by atoms with Gasteiger partial charge in [0, 0.05) is 32.3 Å². The third kappa shape index (κ3) is 10.0. The first kappa shape index (κ1) is 28.8. The molecule has 0 bridgehead atoms. The molecule has 0 aliphatic heterocycles. The number of esters is 2. The van der Waals surface area contributed by atoms with Crippen LogP contribution < -0.4 is 0 Å². The third-order valence-electron chi connectivity index (χ3n) is 5.20. The fourth-order valence-corrected chi connectivity index (χ4v) is 3.87. The summed E-state index contributed by atoms with van der Waals surface area (Å²) in [5.41, 5.74) is -1.71. The van der Waals surface area contributed by atoms with Gasteiger partial charge >= 0.3 is 11.9 Å². The Morgan fingerprint density at radius 1 is 1.09 bits per heavy atom. The standard InChI is InChI=1S/C25H35ClO7/c1-5-6-7-8-9-10-14-25(31)16-21(26)24(30)20(25)15-23(33-19(4)29)22(32-18(3)28)13-11-12-17(2)27/h9-10,15-16,22-23,31H,5-8,11-14H2,1-4H3/b10-9-,20-15+/t22-,23-,25+/m0/s1. The van der Waals surface area contributed by atoms with E-state index in [0.717, 1.165) is 25.7 Å². The van der Waals surface area contributed by atoms with Gasteiger partial charge < -0.3 is 19.4 Å². The van der Waals surface area contributed by atoms with Crippen molar-refractivity contribution in [3.63, 3.8) is 0 Å². The molecule has 0 radical (unpaired) electrons. The SMILES string of the molecule is CCCCC/C=C\C[C@@]1(O)C=C(Cl)C(=O)/C1=C\[C@H](OC(C)=O)[C@H](CCCC(C)=O)OC(C)=O. The summed E-state index contributed by atoms with van der Waals surface area (Å²) < 4.78 is 10.7. The highest BCUT2D eigenvalue weighted by molar-refractivity contribution is 6.46. The second-order valence-corrected chi connectivity index (χ2v) is 8.72. The van der Waals surface area contributed by atoms with Crippen molar-refractivity contribution < 1.29 is 33.8 Å². The van der Waals surface area contributed by atoms with Crippen molar-refractivity contribution in [2.45, 2.75) is 96.9 Å². The zero-order valence-corrected chi connectivity index (χ0v) is 20.7. The molecule has 184 valence electrons. The molecule has 0 unspecified atom stereocenters. The quantitative estimate of drug-likeness (QED) is 0.168. The first-order valence-electron chi connectivity index (χ1n) is 11.4. The van der Waals surface area contributed by atoms with Gasteiger partial charge in [-0.05, 0) is 44.8 Å². The minimum Gasteiger partial charge on any atom is -0.458 e. The van der Waals surface area contributed by atoms with Crippen LogP contribution in [0, 0.1) is 0 Å². The number of allylic oxidation sites excluding steroid dienone is 2. The molecule has 0 heterocycles. The molecule has 0 aromatic carbocycles. The van der Waals surface area contributed by atoms with Gasteiger partial charge in [0.25, 0.3) is 0 Å². The van der Waals surface area contributed by atoms with E-state index in [9.17, 15) is 24.3 Å². The molecule has 0 amide bonds. The van der Waals surface area contributed by atoms with Gasteiger partial charge in [-0.1, -0.05) is 43.5 Å². The van der Waals surface area contributed by atoms with Crippen LogP contribution in [0.2, 0.25) is 0 Å². The molecule has 7 nitrogen and oxygen atoms in total. The van der Waals surface area contributed by atoms with Crippen LogP contribution in [0.5, 0.6) is 0 Å². The average molecular weight is 483 g/mol. The van der Waals surface area contributed by atoms with Crippen LogP contribution in [-0.2, 0) is 28.7 Å². The molecule has 0 aromatic rings. The van der Waals surface area contributed by atoms with E-state index in [1.165, 1.54) is 32.9 Å². The van der Waals surface area contributed by atoms with E-state index in [0.29, 0.717) is 6.42 Å². The average Bonchev–Trinajstić information content (AvgIpc) is 2.91. The second kappa shape index (κ2) is 14.1. The Morgan fingerprint density at radius 2 is 1.76 bits per heavy atom. The number of halogens is 1. The third-order valence-corrected chi connectivity index (χ3v) is 5.48. The molecule has 0 saturated heterocycles. The monoisotopic (exact) mass is 482 g/mol. The largest absolute Gasteiger partial charge is 0.458 e. The number of ketones is 2. The highest BCUT2D eigenvalue weighted by atomic mass is 35.5. The molecule has 8 heteroatoms. The lowest BCUT2D eigenvalue weighted by atomic mass is 9.90. The maximum Gasteiger partial charge on any atom is 0.303 e. The van der Waals surface area contributed by atoms with Crippen LogP contribution in [0.15, 0.2) is 34.9 Å². The van der Waals surface area contributed by atoms with E-state index in [2.05, 4.69) is 6.92 Å². The van der Waals surface area contributed by atoms with E-state index in [-0.39, 0.29) is 35.7 Å². The molecular formula is C25H35ClO7. The van der Waals surface area contributed by atoms with Crippen LogP contribution in [0.4, 0.5) is 0 Å². The van der Waals surface area contributed by atoms with E-state index in [4.69, 9.17) is 21.1 Å². The summed E-state index contributed by atoms with van der Waals surface area (Å²) in [5.74, 6) is -1.86. The first-order valence-corrected chi connectivity index (χ1v) is 11.7. The van der Waals surface area contributed by atoms with Crippen molar-refractivity contribution in [2.75, 3.05) is 0 Å². The predicted octanol–water partition coefficient (Wildman–Crippen LogP) is 4.50. The van der Waals surface area contributed by atoms with E-state index in [1.807, 2.05) is 6.08 Å². The minimum absolute atomic E-state index is 0.0268. The lowest BCUT2D eigenvalue weighted by Crippen LogP contribution is -2.36. The summed E-state index contributed by atoms with van der Waals surface area (Å²) >= 11 is 6.05. The lowest BCUT2D eigenvalue weighted by Gasteiger charge is -2.27. The molecule has 1 N–H and O–H groups in total. The molecule has 0 fully saturated rings. The minimum atomic E-state index is -1.67. The number of carbonyl (C=O) groups excluding carboxylic acids is 4. The highest BCUT2D eigenvalue weighted by Gasteiger charge is 2.42.